The van der Waals surface area contributed by atoms with Gasteiger partial charge in [0.2, 0.25) is 0 Å². The van der Waals surface area contributed by atoms with Gasteiger partial charge in [-0.2, -0.15) is 0 Å². The first kappa shape index (κ1) is 12.4. The van der Waals surface area contributed by atoms with Crippen LogP contribution in [0.25, 0.3) is 0 Å². The molecule has 1 aromatic rings. The monoisotopic (exact) mass is 252 g/mol. The van der Waals surface area contributed by atoms with E-state index in [1.54, 1.807) is 0 Å². The largest absolute Gasteiger partial charge is 0.395 e. The van der Waals surface area contributed by atoms with Crippen molar-refractivity contribution in [3.63, 3.8) is 0 Å². The molecule has 84 valence electrons. The Balaban J connectivity index is 2.90. The van der Waals surface area contributed by atoms with Crippen molar-refractivity contribution in [3.8, 4) is 0 Å². The molecule has 0 spiro atoms. The van der Waals surface area contributed by atoms with Gasteiger partial charge in [0.15, 0.2) is 9.84 Å². The van der Waals surface area contributed by atoms with Crippen LogP contribution >= 0.6 is 11.6 Å². The number of aliphatic hydroxyl groups is 1. The Hall–Kier alpha value is -0.650. The topological polar surface area (TPSA) is 54.4 Å². The molecule has 15 heavy (non-hydrogen) atoms. The number of hydrogen-bond donors (Lipinski definition) is 1. The van der Waals surface area contributed by atoms with Crippen molar-refractivity contribution in [1.82, 2.24) is 0 Å². The fraction of sp³-hybridized carbons (Fsp3) is 0.333. The van der Waals surface area contributed by atoms with Crippen molar-refractivity contribution in [2.45, 2.75) is 5.75 Å². The Morgan fingerprint density at radius 2 is 2.07 bits per heavy atom. The van der Waals surface area contributed by atoms with Gasteiger partial charge in [-0.3, -0.25) is 0 Å². The summed E-state index contributed by atoms with van der Waals surface area (Å²) >= 11 is 5.67. The predicted molar refractivity (Wildman–Crippen MR) is 56.0 cm³/mol. The molecule has 1 rings (SSSR count). The van der Waals surface area contributed by atoms with Crippen molar-refractivity contribution in [1.29, 1.82) is 0 Å². The molecule has 0 fully saturated rings. The fourth-order valence-corrected chi connectivity index (χ4v) is 2.55. The second-order valence-corrected chi connectivity index (χ2v) is 5.64. The van der Waals surface area contributed by atoms with Gasteiger partial charge in [-0.05, 0) is 17.7 Å². The van der Waals surface area contributed by atoms with Crippen molar-refractivity contribution in [2.75, 3.05) is 12.4 Å². The molecule has 0 saturated heterocycles. The Kier molecular flexibility index (Phi) is 4.07. The molecule has 6 heteroatoms. The first-order valence-electron chi connectivity index (χ1n) is 4.20. The molecule has 0 atom stereocenters. The molecule has 0 bridgehead atoms. The Morgan fingerprint density at radius 1 is 1.40 bits per heavy atom. The average molecular weight is 253 g/mol. The van der Waals surface area contributed by atoms with Gasteiger partial charge in [0.1, 0.15) is 5.82 Å². The van der Waals surface area contributed by atoms with E-state index < -0.39 is 22.3 Å². The number of hydrogen-bond acceptors (Lipinski definition) is 3. The Labute approximate surface area is 92.4 Å². The third-order valence-electron chi connectivity index (χ3n) is 1.79. The fourth-order valence-electron chi connectivity index (χ4n) is 1.09. The third-order valence-corrected chi connectivity index (χ3v) is 3.70. The average Bonchev–Trinajstić information content (AvgIpc) is 2.09. The lowest BCUT2D eigenvalue weighted by atomic mass is 10.2. The van der Waals surface area contributed by atoms with Gasteiger partial charge >= 0.3 is 0 Å². The number of rotatable bonds is 4. The maximum absolute atomic E-state index is 12.7. The quantitative estimate of drug-likeness (QED) is 0.881. The van der Waals surface area contributed by atoms with E-state index in [0.29, 0.717) is 5.56 Å². The van der Waals surface area contributed by atoms with Gasteiger partial charge in [-0.1, -0.05) is 17.7 Å². The van der Waals surface area contributed by atoms with Crippen LogP contribution in [0.4, 0.5) is 4.39 Å². The molecule has 1 N–H and O–H groups in total. The lowest BCUT2D eigenvalue weighted by molar-refractivity contribution is 0.319. The van der Waals surface area contributed by atoms with E-state index in [2.05, 4.69) is 0 Å². The second-order valence-electron chi connectivity index (χ2n) is 3.05. The summed E-state index contributed by atoms with van der Waals surface area (Å²) in [6.45, 7) is -0.429. The van der Waals surface area contributed by atoms with Crippen LogP contribution in [0.15, 0.2) is 18.2 Å². The van der Waals surface area contributed by atoms with E-state index in [1.165, 1.54) is 6.07 Å². The van der Waals surface area contributed by atoms with Crippen LogP contribution in [-0.4, -0.2) is 25.9 Å². The minimum Gasteiger partial charge on any atom is -0.395 e. The first-order valence-corrected chi connectivity index (χ1v) is 6.40. The first-order chi connectivity index (χ1) is 6.94. The van der Waals surface area contributed by atoms with E-state index in [1.807, 2.05) is 0 Å². The van der Waals surface area contributed by atoms with Gasteiger partial charge in [-0.15, -0.1) is 0 Å². The zero-order chi connectivity index (χ0) is 11.5. The summed E-state index contributed by atoms with van der Waals surface area (Å²) in [5.74, 6) is -1.11. The molecule has 0 aromatic heterocycles. The van der Waals surface area contributed by atoms with Crippen molar-refractivity contribution >= 4 is 21.4 Å². The normalized spacial score (nSPS) is 11.7. The summed E-state index contributed by atoms with van der Waals surface area (Å²) in [4.78, 5) is 0. The number of halogens is 2. The van der Waals surface area contributed by atoms with Gasteiger partial charge in [0.25, 0.3) is 0 Å². The van der Waals surface area contributed by atoms with Crippen LogP contribution in [0, 0.1) is 5.82 Å². The highest BCUT2D eigenvalue weighted by atomic mass is 35.5. The highest BCUT2D eigenvalue weighted by Gasteiger charge is 2.13. The molecule has 0 aliphatic heterocycles. The summed E-state index contributed by atoms with van der Waals surface area (Å²) < 4.78 is 35.3. The molecular weight excluding hydrogens is 243 g/mol. The predicted octanol–water partition coefficient (Wildman–Crippen LogP) is 1.39. The molecule has 0 amide bonds. The van der Waals surface area contributed by atoms with E-state index in [4.69, 9.17) is 16.7 Å². The van der Waals surface area contributed by atoms with Crippen molar-refractivity contribution in [3.05, 3.63) is 34.6 Å². The highest BCUT2D eigenvalue weighted by molar-refractivity contribution is 7.90. The summed E-state index contributed by atoms with van der Waals surface area (Å²) in [5.41, 5.74) is 0.339. The maximum Gasteiger partial charge on any atom is 0.156 e. The lowest BCUT2D eigenvalue weighted by Gasteiger charge is -2.04. The molecule has 1 aromatic carbocycles. The van der Waals surface area contributed by atoms with Crippen LogP contribution in [0.3, 0.4) is 0 Å². The van der Waals surface area contributed by atoms with E-state index in [9.17, 15) is 12.8 Å². The molecular formula is C9H10ClFO3S. The second kappa shape index (κ2) is 4.92. The summed E-state index contributed by atoms with van der Waals surface area (Å²) in [6.07, 6.45) is 0. The van der Waals surface area contributed by atoms with Gasteiger partial charge in [-0.25, -0.2) is 12.8 Å². The van der Waals surface area contributed by atoms with E-state index >= 15 is 0 Å². The smallest absolute Gasteiger partial charge is 0.156 e. The standard InChI is InChI=1S/C9H10ClFO3S/c10-9-5-8(11)2-1-7(9)6-15(13,14)4-3-12/h1-2,5,12H,3-4,6H2. The Bertz CT molecular complexity index is 445. The molecule has 0 unspecified atom stereocenters. The molecule has 0 aliphatic carbocycles. The molecule has 0 heterocycles. The van der Waals surface area contributed by atoms with Crippen LogP contribution in [-0.2, 0) is 15.6 Å². The van der Waals surface area contributed by atoms with Crippen LogP contribution < -0.4 is 0 Å². The molecule has 3 nitrogen and oxygen atoms in total. The minimum absolute atomic E-state index is 0.0801. The van der Waals surface area contributed by atoms with E-state index in [-0.39, 0.29) is 16.5 Å². The number of benzene rings is 1. The SMILES string of the molecule is O=S(=O)(CCO)Cc1ccc(F)cc1Cl. The highest BCUT2D eigenvalue weighted by Crippen LogP contribution is 2.19. The molecule has 0 radical (unpaired) electrons. The van der Waals surface area contributed by atoms with Crippen LogP contribution in [0.5, 0.6) is 0 Å². The minimum atomic E-state index is -3.38. The zero-order valence-electron chi connectivity index (χ0n) is 7.78. The van der Waals surface area contributed by atoms with Crippen molar-refractivity contribution < 1.29 is 17.9 Å². The molecule has 0 aliphatic rings. The Morgan fingerprint density at radius 3 is 2.60 bits per heavy atom. The summed E-state index contributed by atoms with van der Waals surface area (Å²) in [5, 5.41) is 8.60. The summed E-state index contributed by atoms with van der Waals surface area (Å²) in [7, 11) is -3.38. The van der Waals surface area contributed by atoms with E-state index in [0.717, 1.165) is 12.1 Å². The summed E-state index contributed by atoms with van der Waals surface area (Å²) in [6, 6.07) is 3.54. The molecule has 0 saturated carbocycles. The number of aliphatic hydroxyl groups excluding tert-OH is 1. The van der Waals surface area contributed by atoms with Gasteiger partial charge < -0.3 is 5.11 Å². The van der Waals surface area contributed by atoms with Gasteiger partial charge in [0.05, 0.1) is 18.1 Å². The van der Waals surface area contributed by atoms with Crippen LogP contribution in [0.1, 0.15) is 5.56 Å². The van der Waals surface area contributed by atoms with Gasteiger partial charge in [0, 0.05) is 5.02 Å². The zero-order valence-corrected chi connectivity index (χ0v) is 9.35. The van der Waals surface area contributed by atoms with Crippen LogP contribution in [0.2, 0.25) is 5.02 Å². The number of sulfone groups is 1. The maximum atomic E-state index is 12.7. The lowest BCUT2D eigenvalue weighted by Crippen LogP contribution is -2.12. The third kappa shape index (κ3) is 3.77. The van der Waals surface area contributed by atoms with Crippen molar-refractivity contribution in [2.24, 2.45) is 0 Å².